The van der Waals surface area contributed by atoms with Crippen LogP contribution in [-0.2, 0) is 40.7 Å². The fourth-order valence-corrected chi connectivity index (χ4v) is 8.31. The van der Waals surface area contributed by atoms with Gasteiger partial charge in [0.05, 0.1) is 24.9 Å². The number of urea groups is 1. The first-order valence-corrected chi connectivity index (χ1v) is 19.5. The van der Waals surface area contributed by atoms with Gasteiger partial charge in [0.25, 0.3) is 6.43 Å². The van der Waals surface area contributed by atoms with Crippen LogP contribution in [0, 0.1) is 0 Å². The van der Waals surface area contributed by atoms with E-state index in [1.807, 2.05) is 31.7 Å². The molecular weight excluding hydrogens is 712 g/mol. The molecule has 0 unspecified atom stereocenters. The van der Waals surface area contributed by atoms with Gasteiger partial charge in [-0.1, -0.05) is 0 Å². The highest BCUT2D eigenvalue weighted by atomic mass is 19.3. The summed E-state index contributed by atoms with van der Waals surface area (Å²) in [6, 6.07) is 3.35. The number of halogens is 2. The van der Waals surface area contributed by atoms with Crippen LogP contribution in [0.4, 0.5) is 29.9 Å². The number of fused-ring (bicyclic) bond motifs is 2. The minimum atomic E-state index is -2.69. The molecule has 0 radical (unpaired) electrons. The van der Waals surface area contributed by atoms with E-state index in [1.54, 1.807) is 47.0 Å². The van der Waals surface area contributed by atoms with Crippen LogP contribution >= 0.6 is 0 Å². The van der Waals surface area contributed by atoms with Crippen LogP contribution in [0.5, 0.6) is 0 Å². The standard InChI is InChI=1S/C39H53F2N9O5/c1-39(2,3)55-38(53)47-16-10-28(11-17-47)54-24-34(51)46-14-8-27(9-15-46)50-32-12-18-48(37(52)42-4)23-31(32)36(44-50)49-13-6-7-25-19-29(26-21-43-45(5)22-26)30(35(40)41)20-33(25)49/h19-22,27-28,35H,6-18,23-24H2,1-5H3,(H,42,52). The van der Waals surface area contributed by atoms with Crippen molar-refractivity contribution in [3.8, 4) is 11.1 Å². The Morgan fingerprint density at radius 2 is 1.69 bits per heavy atom. The zero-order valence-electron chi connectivity index (χ0n) is 32.5. The maximum Gasteiger partial charge on any atom is 0.410 e. The number of hydrogen-bond donors (Lipinski definition) is 1. The Morgan fingerprint density at radius 3 is 2.35 bits per heavy atom. The molecule has 298 valence electrons. The molecule has 0 saturated carbocycles. The van der Waals surface area contributed by atoms with Gasteiger partial charge in [-0.25, -0.2) is 18.4 Å². The minimum absolute atomic E-state index is 0.00408. The van der Waals surface area contributed by atoms with Crippen LogP contribution in [0.3, 0.4) is 0 Å². The summed E-state index contributed by atoms with van der Waals surface area (Å²) in [6.45, 7) is 9.20. The van der Waals surface area contributed by atoms with Gasteiger partial charge in [0.1, 0.15) is 12.2 Å². The van der Waals surface area contributed by atoms with E-state index in [9.17, 15) is 23.2 Å². The first kappa shape index (κ1) is 38.5. The highest BCUT2D eigenvalue weighted by Gasteiger charge is 2.36. The van der Waals surface area contributed by atoms with Crippen LogP contribution in [0.25, 0.3) is 11.1 Å². The summed E-state index contributed by atoms with van der Waals surface area (Å²) in [7, 11) is 3.38. The molecule has 0 atom stereocenters. The van der Waals surface area contributed by atoms with Crippen molar-refractivity contribution in [1.82, 2.24) is 39.6 Å². The number of benzene rings is 1. The van der Waals surface area contributed by atoms with E-state index < -0.39 is 12.0 Å². The number of nitrogens with one attached hydrogen (secondary N) is 1. The molecule has 16 heteroatoms. The smallest absolute Gasteiger partial charge is 0.410 e. The number of likely N-dealkylation sites (tertiary alicyclic amines) is 2. The van der Waals surface area contributed by atoms with E-state index in [4.69, 9.17) is 14.6 Å². The van der Waals surface area contributed by atoms with Gasteiger partial charge in [0, 0.05) is 94.1 Å². The molecule has 1 aromatic carbocycles. The third-order valence-electron chi connectivity index (χ3n) is 11.1. The quantitative estimate of drug-likeness (QED) is 0.330. The van der Waals surface area contributed by atoms with E-state index in [0.29, 0.717) is 94.9 Å². The monoisotopic (exact) mass is 765 g/mol. The molecule has 2 fully saturated rings. The number of anilines is 2. The van der Waals surface area contributed by atoms with Crippen LogP contribution in [0.1, 0.15) is 87.7 Å². The maximum absolute atomic E-state index is 14.7. The van der Waals surface area contributed by atoms with Crippen molar-refractivity contribution in [3.63, 3.8) is 0 Å². The molecule has 4 aliphatic heterocycles. The Labute approximate surface area is 320 Å². The van der Waals surface area contributed by atoms with Gasteiger partial charge in [-0.15, -0.1) is 0 Å². The van der Waals surface area contributed by atoms with Gasteiger partial charge in [-0.3, -0.25) is 14.2 Å². The maximum atomic E-state index is 14.7. The van der Waals surface area contributed by atoms with Gasteiger partial charge in [0.2, 0.25) is 5.91 Å². The Kier molecular flexibility index (Phi) is 11.1. The molecule has 14 nitrogen and oxygen atoms in total. The summed E-state index contributed by atoms with van der Waals surface area (Å²) >= 11 is 0. The molecule has 6 heterocycles. The fourth-order valence-electron chi connectivity index (χ4n) is 8.31. The van der Waals surface area contributed by atoms with Crippen molar-refractivity contribution < 1.29 is 32.6 Å². The number of amides is 4. The number of aromatic nitrogens is 4. The first-order chi connectivity index (χ1) is 26.3. The minimum Gasteiger partial charge on any atom is -0.444 e. The van der Waals surface area contributed by atoms with Gasteiger partial charge in [0.15, 0.2) is 5.82 Å². The number of alkyl halides is 2. The highest BCUT2D eigenvalue weighted by molar-refractivity contribution is 5.79. The lowest BCUT2D eigenvalue weighted by molar-refractivity contribution is -0.140. The summed E-state index contributed by atoms with van der Waals surface area (Å²) in [5.74, 6) is 0.645. The molecule has 55 heavy (non-hydrogen) atoms. The lowest BCUT2D eigenvalue weighted by atomic mass is 9.92. The van der Waals surface area contributed by atoms with Crippen molar-refractivity contribution in [3.05, 3.63) is 46.9 Å². The number of hydrogen-bond acceptors (Lipinski definition) is 8. The molecular formula is C39H53F2N9O5. The topological polar surface area (TPSA) is 130 Å². The van der Waals surface area contributed by atoms with Crippen LogP contribution in [0.2, 0.25) is 0 Å². The lowest BCUT2D eigenvalue weighted by Gasteiger charge is -2.35. The second-order valence-corrected chi connectivity index (χ2v) is 16.0. The van der Waals surface area contributed by atoms with Crippen molar-refractivity contribution in [1.29, 1.82) is 0 Å². The molecule has 0 bridgehead atoms. The first-order valence-electron chi connectivity index (χ1n) is 19.5. The van der Waals surface area contributed by atoms with Gasteiger partial charge >= 0.3 is 12.1 Å². The molecule has 7 rings (SSSR count). The van der Waals surface area contributed by atoms with E-state index in [-0.39, 0.29) is 42.3 Å². The second kappa shape index (κ2) is 15.8. The van der Waals surface area contributed by atoms with Crippen molar-refractivity contribution in [2.75, 3.05) is 57.8 Å². The van der Waals surface area contributed by atoms with Crippen molar-refractivity contribution in [2.45, 2.75) is 96.4 Å². The number of carbonyl (C=O) groups excluding carboxylic acids is 3. The summed E-state index contributed by atoms with van der Waals surface area (Å²) in [4.78, 5) is 45.9. The Hall–Kier alpha value is -4.73. The number of ether oxygens (including phenoxy) is 2. The molecule has 4 aliphatic rings. The average Bonchev–Trinajstić information content (AvgIpc) is 3.78. The van der Waals surface area contributed by atoms with Crippen LogP contribution in [0.15, 0.2) is 24.5 Å². The predicted octanol–water partition coefficient (Wildman–Crippen LogP) is 5.58. The van der Waals surface area contributed by atoms with Gasteiger partial charge < -0.3 is 34.4 Å². The summed E-state index contributed by atoms with van der Waals surface area (Å²) in [5.41, 5.74) is 4.21. The van der Waals surface area contributed by atoms with Gasteiger partial charge in [-0.2, -0.15) is 10.2 Å². The molecule has 1 N–H and O–H groups in total. The molecule has 3 aromatic rings. The normalized spacial score (nSPS) is 18.4. The number of piperidine rings is 2. The molecule has 0 spiro atoms. The summed E-state index contributed by atoms with van der Waals surface area (Å²) in [6.07, 6.45) is 5.14. The second-order valence-electron chi connectivity index (χ2n) is 16.0. The third-order valence-corrected chi connectivity index (χ3v) is 11.1. The van der Waals surface area contributed by atoms with E-state index in [0.717, 1.165) is 35.3 Å². The SMILES string of the molecule is CNC(=O)N1CCc2c(c(N3CCCc4cc(-c5cnn(C)c5)c(C(F)F)cc43)nn2C2CCN(C(=O)COC3CCN(C(=O)OC(C)(C)C)CC3)CC2)C1. The Bertz CT molecular complexity index is 1890. The largest absolute Gasteiger partial charge is 0.444 e. The van der Waals surface area contributed by atoms with Gasteiger partial charge in [-0.05, 0) is 82.6 Å². The van der Waals surface area contributed by atoms with Crippen LogP contribution in [-0.4, -0.2) is 117 Å². The van der Waals surface area contributed by atoms with E-state index in [1.165, 1.54) is 0 Å². The summed E-state index contributed by atoms with van der Waals surface area (Å²) in [5, 5.41) is 12.2. The Balaban J connectivity index is 1.06. The highest BCUT2D eigenvalue weighted by Crippen LogP contribution is 2.43. The number of rotatable bonds is 7. The number of aryl methyl sites for hydroxylation is 2. The molecule has 0 aliphatic carbocycles. The van der Waals surface area contributed by atoms with Crippen molar-refractivity contribution in [2.24, 2.45) is 7.05 Å². The zero-order chi connectivity index (χ0) is 39.0. The molecule has 2 aromatic heterocycles. The Morgan fingerprint density at radius 1 is 0.964 bits per heavy atom. The fraction of sp³-hybridized carbons (Fsp3) is 0.615. The van der Waals surface area contributed by atoms with E-state index in [2.05, 4.69) is 20.0 Å². The predicted molar refractivity (Wildman–Crippen MR) is 201 cm³/mol. The number of nitrogens with zero attached hydrogens (tertiary/aromatic N) is 8. The zero-order valence-corrected chi connectivity index (χ0v) is 32.5. The van der Waals surface area contributed by atoms with E-state index >= 15 is 0 Å². The average molecular weight is 766 g/mol. The third kappa shape index (κ3) is 8.29. The van der Waals surface area contributed by atoms with Crippen molar-refractivity contribution >= 4 is 29.5 Å². The summed E-state index contributed by atoms with van der Waals surface area (Å²) < 4.78 is 44.6. The number of carbonyl (C=O) groups is 3. The molecule has 4 amide bonds. The molecule has 2 saturated heterocycles. The lowest BCUT2D eigenvalue weighted by Crippen LogP contribution is -2.45. The van der Waals surface area contributed by atoms with Crippen LogP contribution < -0.4 is 10.2 Å².